The third kappa shape index (κ3) is 8.65. The van der Waals surface area contributed by atoms with Gasteiger partial charge in [-0.2, -0.15) is 0 Å². The highest BCUT2D eigenvalue weighted by Crippen LogP contribution is 1.87. The molecule has 0 aliphatic heterocycles. The fourth-order valence-electron chi connectivity index (χ4n) is 0.812. The Bertz CT molecular complexity index is 236. The topological polar surface area (TPSA) is 136 Å². The number of aliphatic carboxylic acids is 3. The molecule has 8 heteroatoms. The van der Waals surface area contributed by atoms with Crippen LogP contribution in [0.5, 0.6) is 0 Å². The summed E-state index contributed by atoms with van der Waals surface area (Å²) < 4.78 is 0. The molecule has 0 fully saturated rings. The van der Waals surface area contributed by atoms with Gasteiger partial charge in [0.05, 0.1) is 25.7 Å². The van der Waals surface area contributed by atoms with Gasteiger partial charge < -0.3 is 15.3 Å². The first kappa shape index (κ1) is 13.3. The van der Waals surface area contributed by atoms with E-state index in [2.05, 4.69) is 10.6 Å². The van der Waals surface area contributed by atoms with Crippen LogP contribution in [0.1, 0.15) is 6.42 Å². The zero-order valence-electron chi connectivity index (χ0n) is 7.77. The van der Waals surface area contributed by atoms with Crippen molar-refractivity contribution in [2.24, 2.45) is 0 Å². The number of nitrogens with one attached hydrogen (secondary N) is 2. The molecule has 0 saturated carbocycles. The fourth-order valence-corrected chi connectivity index (χ4v) is 0.812. The van der Waals surface area contributed by atoms with Gasteiger partial charge in [-0.15, -0.1) is 0 Å². The Morgan fingerprint density at radius 1 is 0.867 bits per heavy atom. The molecule has 8 nitrogen and oxygen atoms in total. The fraction of sp³-hybridized carbons (Fsp3) is 0.571. The van der Waals surface area contributed by atoms with Crippen molar-refractivity contribution in [1.29, 1.82) is 0 Å². The quantitative estimate of drug-likeness (QED) is 0.300. The number of carboxylic acids is 3. The molecule has 0 aromatic heterocycles. The molecule has 0 atom stereocenters. The molecule has 0 saturated heterocycles. The van der Waals surface area contributed by atoms with E-state index in [-0.39, 0.29) is 0 Å². The maximum Gasteiger partial charge on any atom is 0.317 e. The zero-order valence-corrected chi connectivity index (χ0v) is 7.77. The summed E-state index contributed by atoms with van der Waals surface area (Å²) in [7, 11) is 0. The van der Waals surface area contributed by atoms with E-state index < -0.39 is 43.6 Å². The Kier molecular flexibility index (Phi) is 5.99. The first-order chi connectivity index (χ1) is 6.91. The van der Waals surface area contributed by atoms with Crippen molar-refractivity contribution in [2.45, 2.75) is 12.6 Å². The van der Waals surface area contributed by atoms with E-state index in [4.69, 9.17) is 15.3 Å². The maximum absolute atomic E-state index is 10.3. The molecule has 0 bridgehead atoms. The van der Waals surface area contributed by atoms with Crippen molar-refractivity contribution < 1.29 is 29.7 Å². The number of rotatable bonds is 8. The largest absolute Gasteiger partial charge is 0.481 e. The van der Waals surface area contributed by atoms with Gasteiger partial charge in [0.2, 0.25) is 0 Å². The smallest absolute Gasteiger partial charge is 0.317 e. The van der Waals surface area contributed by atoms with E-state index in [0.29, 0.717) is 0 Å². The van der Waals surface area contributed by atoms with Gasteiger partial charge in [0, 0.05) is 0 Å². The molecule has 5 N–H and O–H groups in total. The standard InChI is InChI=1S/C7H12N2O6/c10-5(11)1-4(8-2-6(12)13)9-3-7(14)15/h4,8-9H,1-3H2,(H,10,11)(H,12,13)(H,14,15). The second-order valence-corrected chi connectivity index (χ2v) is 2.70. The molecule has 0 heterocycles. The summed E-state index contributed by atoms with van der Waals surface area (Å²) in [5.41, 5.74) is 0. The Balaban J connectivity index is 3.99. The van der Waals surface area contributed by atoms with Crippen molar-refractivity contribution in [3.63, 3.8) is 0 Å². The van der Waals surface area contributed by atoms with Gasteiger partial charge in [-0.05, 0) is 0 Å². The van der Waals surface area contributed by atoms with Crippen molar-refractivity contribution >= 4 is 17.9 Å². The third-order valence-corrected chi connectivity index (χ3v) is 1.38. The zero-order chi connectivity index (χ0) is 11.8. The Hall–Kier alpha value is -1.67. The number of hydrogen-bond acceptors (Lipinski definition) is 5. The monoisotopic (exact) mass is 220 g/mol. The lowest BCUT2D eigenvalue weighted by Crippen LogP contribution is -2.47. The van der Waals surface area contributed by atoms with Crippen LogP contribution in [0, 0.1) is 0 Å². The van der Waals surface area contributed by atoms with Crippen molar-refractivity contribution in [3.05, 3.63) is 0 Å². The minimum atomic E-state index is -1.16. The molecule has 0 radical (unpaired) electrons. The Labute approximate surface area is 84.9 Å². The van der Waals surface area contributed by atoms with E-state index in [1.165, 1.54) is 0 Å². The average Bonchev–Trinajstić information content (AvgIpc) is 2.08. The van der Waals surface area contributed by atoms with E-state index in [1.807, 2.05) is 0 Å². The SMILES string of the molecule is O=C(O)CNC(CC(=O)O)NCC(=O)O. The van der Waals surface area contributed by atoms with Crippen LogP contribution in [0.3, 0.4) is 0 Å². The molecule has 0 aromatic rings. The van der Waals surface area contributed by atoms with Gasteiger partial charge >= 0.3 is 17.9 Å². The molecule has 86 valence electrons. The van der Waals surface area contributed by atoms with Crippen LogP contribution >= 0.6 is 0 Å². The van der Waals surface area contributed by atoms with Crippen LogP contribution in [0.4, 0.5) is 0 Å². The van der Waals surface area contributed by atoms with Gasteiger partial charge in [0.1, 0.15) is 0 Å². The molecule has 15 heavy (non-hydrogen) atoms. The van der Waals surface area contributed by atoms with Gasteiger partial charge in [0.25, 0.3) is 0 Å². The first-order valence-corrected chi connectivity index (χ1v) is 4.04. The normalized spacial score (nSPS) is 10.2. The maximum atomic E-state index is 10.3. The number of carboxylic acid groups (broad SMARTS) is 3. The minimum Gasteiger partial charge on any atom is -0.481 e. The minimum absolute atomic E-state index is 0.402. The number of hydrogen-bond donors (Lipinski definition) is 5. The van der Waals surface area contributed by atoms with E-state index in [9.17, 15) is 14.4 Å². The molecule has 0 unspecified atom stereocenters. The van der Waals surface area contributed by atoms with Gasteiger partial charge in [-0.3, -0.25) is 25.0 Å². The van der Waals surface area contributed by atoms with E-state index in [0.717, 1.165) is 0 Å². The van der Waals surface area contributed by atoms with Crippen LogP contribution in [0.15, 0.2) is 0 Å². The van der Waals surface area contributed by atoms with Crippen LogP contribution in [0.2, 0.25) is 0 Å². The summed E-state index contributed by atoms with van der Waals surface area (Å²) in [5.74, 6) is -3.46. The molecule has 0 rings (SSSR count). The molecule has 0 aliphatic carbocycles. The predicted molar refractivity (Wildman–Crippen MR) is 47.3 cm³/mol. The molecule has 0 aliphatic rings. The van der Waals surface area contributed by atoms with Crippen molar-refractivity contribution in [2.75, 3.05) is 13.1 Å². The van der Waals surface area contributed by atoms with Gasteiger partial charge in [-0.1, -0.05) is 0 Å². The summed E-state index contributed by atoms with van der Waals surface area (Å²) in [6.45, 7) is -0.880. The van der Waals surface area contributed by atoms with E-state index >= 15 is 0 Å². The van der Waals surface area contributed by atoms with Crippen LogP contribution in [-0.2, 0) is 14.4 Å². The highest BCUT2D eigenvalue weighted by Gasteiger charge is 2.14. The summed E-state index contributed by atoms with van der Waals surface area (Å²) >= 11 is 0. The molecule has 0 spiro atoms. The first-order valence-electron chi connectivity index (χ1n) is 4.04. The van der Waals surface area contributed by atoms with Crippen LogP contribution in [0.25, 0.3) is 0 Å². The highest BCUT2D eigenvalue weighted by molar-refractivity contribution is 5.71. The van der Waals surface area contributed by atoms with Gasteiger partial charge in [-0.25, -0.2) is 0 Å². The highest BCUT2D eigenvalue weighted by atomic mass is 16.4. The van der Waals surface area contributed by atoms with Crippen molar-refractivity contribution in [3.8, 4) is 0 Å². The molecular formula is C7H12N2O6. The second kappa shape index (κ2) is 6.74. The molecule has 0 amide bonds. The third-order valence-electron chi connectivity index (χ3n) is 1.38. The lowest BCUT2D eigenvalue weighted by Gasteiger charge is -2.15. The van der Waals surface area contributed by atoms with E-state index in [1.54, 1.807) is 0 Å². The van der Waals surface area contributed by atoms with Gasteiger partial charge in [0.15, 0.2) is 0 Å². The number of carbonyl (C=O) groups is 3. The average molecular weight is 220 g/mol. The van der Waals surface area contributed by atoms with Crippen molar-refractivity contribution in [1.82, 2.24) is 10.6 Å². The van der Waals surface area contributed by atoms with Crippen LogP contribution < -0.4 is 10.6 Å². The predicted octanol–water partition coefficient (Wildman–Crippen LogP) is -1.86. The molecular weight excluding hydrogens is 208 g/mol. The van der Waals surface area contributed by atoms with Crippen LogP contribution in [-0.4, -0.2) is 52.5 Å². The lowest BCUT2D eigenvalue weighted by molar-refractivity contribution is -0.140. The summed E-state index contributed by atoms with van der Waals surface area (Å²) in [6, 6.07) is 0. The summed E-state index contributed by atoms with van der Waals surface area (Å²) in [4.78, 5) is 30.7. The second-order valence-electron chi connectivity index (χ2n) is 2.70. The Morgan fingerprint density at radius 2 is 1.27 bits per heavy atom. The summed E-state index contributed by atoms with van der Waals surface area (Å²) in [6.07, 6.45) is -1.28. The summed E-state index contributed by atoms with van der Waals surface area (Å²) in [5, 5.41) is 29.8. The Morgan fingerprint density at radius 3 is 1.53 bits per heavy atom. The lowest BCUT2D eigenvalue weighted by atomic mass is 10.3. The molecule has 0 aromatic carbocycles.